The highest BCUT2D eigenvalue weighted by Gasteiger charge is 2.30. The first kappa shape index (κ1) is 22.5. The minimum absolute atomic E-state index is 0.117. The molecular weight excluding hydrogens is 359 g/mol. The van der Waals surface area contributed by atoms with E-state index in [1.807, 2.05) is 6.07 Å². The molecule has 0 atom stereocenters. The molecule has 0 heterocycles. The van der Waals surface area contributed by atoms with Crippen molar-refractivity contribution in [3.63, 3.8) is 0 Å². The third-order valence-corrected chi connectivity index (χ3v) is 7.73. The van der Waals surface area contributed by atoms with Crippen LogP contribution in [-0.4, -0.2) is 7.11 Å². The van der Waals surface area contributed by atoms with E-state index in [1.165, 1.54) is 77.0 Å². The third-order valence-electron chi connectivity index (χ3n) is 7.73. The zero-order valence-electron chi connectivity index (χ0n) is 18.5. The van der Waals surface area contributed by atoms with Crippen LogP contribution in [0.3, 0.4) is 0 Å². The Morgan fingerprint density at radius 3 is 2.14 bits per heavy atom. The van der Waals surface area contributed by atoms with Gasteiger partial charge in [-0.3, -0.25) is 0 Å². The molecule has 162 valence electrons. The van der Waals surface area contributed by atoms with E-state index >= 15 is 0 Å². The maximum Gasteiger partial charge on any atom is 0.128 e. The van der Waals surface area contributed by atoms with Gasteiger partial charge in [0.2, 0.25) is 0 Å². The van der Waals surface area contributed by atoms with Crippen molar-refractivity contribution in [2.24, 2.45) is 23.7 Å². The number of hydrogen-bond acceptors (Lipinski definition) is 1. The summed E-state index contributed by atoms with van der Waals surface area (Å²) in [4.78, 5) is 0. The molecule has 0 aromatic heterocycles. The van der Waals surface area contributed by atoms with Gasteiger partial charge in [0.1, 0.15) is 5.82 Å². The molecule has 0 amide bonds. The fourth-order valence-corrected chi connectivity index (χ4v) is 5.84. The largest absolute Gasteiger partial charge is 0.380 e. The highest BCUT2D eigenvalue weighted by Crippen LogP contribution is 2.43. The molecule has 0 aliphatic heterocycles. The van der Waals surface area contributed by atoms with Crippen LogP contribution in [0.2, 0.25) is 0 Å². The average molecular weight is 401 g/mol. The Morgan fingerprint density at radius 1 is 0.966 bits per heavy atom. The SMILES string of the molecule is C=CCCC[C@H]1CC[C@H](C2CCC(CCc3ccc(COC)c(F)c3)CC2)CC1. The van der Waals surface area contributed by atoms with Crippen LogP contribution in [0.15, 0.2) is 30.9 Å². The first-order valence-corrected chi connectivity index (χ1v) is 12.1. The van der Waals surface area contributed by atoms with Gasteiger partial charge in [-0.15, -0.1) is 6.58 Å². The number of unbranched alkanes of at least 4 members (excludes halogenated alkanes) is 1. The van der Waals surface area contributed by atoms with Gasteiger partial charge in [0.05, 0.1) is 6.61 Å². The quantitative estimate of drug-likeness (QED) is 0.287. The Bertz CT molecular complexity index is 609. The molecule has 0 spiro atoms. The van der Waals surface area contributed by atoms with Gasteiger partial charge in [0.15, 0.2) is 0 Å². The molecule has 3 rings (SSSR count). The molecular formula is C27H41FO. The van der Waals surface area contributed by atoms with Crippen LogP contribution in [0, 0.1) is 29.5 Å². The standard InChI is InChI=1S/C27H41FO/c1-3-4-5-6-21-9-14-24(15-10-21)25-16-11-22(12-17-25)7-8-23-13-18-26(20-29-2)27(28)19-23/h3,13,18-19,21-22,24-25H,1,4-12,14-17,20H2,2H3/t21-,22?,24-,25?. The van der Waals surface area contributed by atoms with Crippen molar-refractivity contribution < 1.29 is 9.13 Å². The Kier molecular flexibility index (Phi) is 9.24. The average Bonchev–Trinajstić information content (AvgIpc) is 2.75. The lowest BCUT2D eigenvalue weighted by Gasteiger charge is -2.38. The van der Waals surface area contributed by atoms with Gasteiger partial charge in [-0.1, -0.05) is 50.3 Å². The monoisotopic (exact) mass is 400 g/mol. The number of aryl methyl sites for hydroxylation is 1. The molecule has 0 bridgehead atoms. The summed E-state index contributed by atoms with van der Waals surface area (Å²) in [6.45, 7) is 4.20. The lowest BCUT2D eigenvalue weighted by atomic mass is 9.68. The maximum atomic E-state index is 14.1. The number of hydrogen-bond donors (Lipinski definition) is 0. The van der Waals surface area contributed by atoms with E-state index in [4.69, 9.17) is 4.74 Å². The third kappa shape index (κ3) is 6.95. The molecule has 2 fully saturated rings. The van der Waals surface area contributed by atoms with Crippen molar-refractivity contribution in [3.05, 3.63) is 47.8 Å². The van der Waals surface area contributed by atoms with Gasteiger partial charge in [-0.05, 0) is 86.7 Å². The summed E-state index contributed by atoms with van der Waals surface area (Å²) in [5.41, 5.74) is 1.80. The van der Waals surface area contributed by atoms with Crippen molar-refractivity contribution in [1.29, 1.82) is 0 Å². The molecule has 0 radical (unpaired) electrons. The molecule has 2 saturated carbocycles. The van der Waals surface area contributed by atoms with Crippen molar-refractivity contribution in [2.45, 2.75) is 90.1 Å². The van der Waals surface area contributed by atoms with E-state index in [0.717, 1.165) is 35.7 Å². The van der Waals surface area contributed by atoms with Gasteiger partial charge in [-0.2, -0.15) is 0 Å². The van der Waals surface area contributed by atoms with Crippen molar-refractivity contribution in [2.75, 3.05) is 7.11 Å². The number of benzene rings is 1. The Balaban J connectivity index is 1.34. The molecule has 29 heavy (non-hydrogen) atoms. The Labute approximate surface area is 178 Å². The molecule has 1 nitrogen and oxygen atoms in total. The van der Waals surface area contributed by atoms with Crippen molar-refractivity contribution >= 4 is 0 Å². The zero-order valence-corrected chi connectivity index (χ0v) is 18.5. The van der Waals surface area contributed by atoms with Crippen molar-refractivity contribution in [3.8, 4) is 0 Å². The summed E-state index contributed by atoms with van der Waals surface area (Å²) in [6, 6.07) is 5.68. The normalized spacial score (nSPS) is 27.7. The molecule has 0 N–H and O–H groups in total. The molecule has 2 aliphatic carbocycles. The van der Waals surface area contributed by atoms with Gasteiger partial charge < -0.3 is 4.74 Å². The number of rotatable bonds is 10. The minimum Gasteiger partial charge on any atom is -0.380 e. The summed E-state index contributed by atoms with van der Waals surface area (Å²) in [7, 11) is 1.61. The Morgan fingerprint density at radius 2 is 1.59 bits per heavy atom. The maximum absolute atomic E-state index is 14.1. The topological polar surface area (TPSA) is 9.23 Å². The van der Waals surface area contributed by atoms with Crippen LogP contribution in [0.25, 0.3) is 0 Å². The molecule has 0 unspecified atom stereocenters. The van der Waals surface area contributed by atoms with E-state index in [1.54, 1.807) is 13.2 Å². The van der Waals surface area contributed by atoms with Crippen LogP contribution in [0.1, 0.15) is 88.2 Å². The minimum atomic E-state index is -0.117. The molecule has 0 saturated heterocycles. The second kappa shape index (κ2) is 11.9. The molecule has 2 heteroatoms. The van der Waals surface area contributed by atoms with Gasteiger partial charge in [0.25, 0.3) is 0 Å². The summed E-state index contributed by atoms with van der Waals surface area (Å²) in [5.74, 6) is 3.68. The number of halogens is 1. The first-order valence-electron chi connectivity index (χ1n) is 12.1. The molecule has 1 aromatic rings. The lowest BCUT2D eigenvalue weighted by molar-refractivity contribution is 0.141. The van der Waals surface area contributed by atoms with Gasteiger partial charge >= 0.3 is 0 Å². The smallest absolute Gasteiger partial charge is 0.128 e. The number of allylic oxidation sites excluding steroid dienone is 1. The van der Waals surface area contributed by atoms with E-state index in [9.17, 15) is 4.39 Å². The van der Waals surface area contributed by atoms with E-state index < -0.39 is 0 Å². The summed E-state index contributed by atoms with van der Waals surface area (Å²) in [5, 5.41) is 0. The van der Waals surface area contributed by atoms with E-state index in [2.05, 4.69) is 18.7 Å². The zero-order chi connectivity index (χ0) is 20.5. The second-order valence-electron chi connectivity index (χ2n) is 9.68. The van der Waals surface area contributed by atoms with Crippen LogP contribution in [-0.2, 0) is 17.8 Å². The molecule has 1 aromatic carbocycles. The summed E-state index contributed by atoms with van der Waals surface area (Å²) >= 11 is 0. The lowest BCUT2D eigenvalue weighted by Crippen LogP contribution is -2.26. The number of ether oxygens (including phenoxy) is 1. The Hall–Kier alpha value is -1.15. The predicted molar refractivity (Wildman–Crippen MR) is 120 cm³/mol. The van der Waals surface area contributed by atoms with Crippen LogP contribution in [0.4, 0.5) is 4.39 Å². The van der Waals surface area contributed by atoms with Gasteiger partial charge in [-0.25, -0.2) is 4.39 Å². The summed E-state index contributed by atoms with van der Waals surface area (Å²) in [6.07, 6.45) is 19.7. The fraction of sp³-hybridized carbons (Fsp3) is 0.704. The van der Waals surface area contributed by atoms with Crippen molar-refractivity contribution in [1.82, 2.24) is 0 Å². The fourth-order valence-electron chi connectivity index (χ4n) is 5.84. The predicted octanol–water partition coefficient (Wildman–Crippen LogP) is 7.87. The first-order chi connectivity index (χ1) is 14.2. The highest BCUT2D eigenvalue weighted by molar-refractivity contribution is 5.24. The van der Waals surface area contributed by atoms with E-state index in [-0.39, 0.29) is 5.82 Å². The highest BCUT2D eigenvalue weighted by atomic mass is 19.1. The van der Waals surface area contributed by atoms with Crippen LogP contribution >= 0.6 is 0 Å². The van der Waals surface area contributed by atoms with Crippen LogP contribution in [0.5, 0.6) is 0 Å². The molecule has 2 aliphatic rings. The summed E-state index contributed by atoms with van der Waals surface area (Å²) < 4.78 is 19.1. The number of methoxy groups -OCH3 is 1. The van der Waals surface area contributed by atoms with Crippen LogP contribution < -0.4 is 0 Å². The second-order valence-corrected chi connectivity index (χ2v) is 9.68. The van der Waals surface area contributed by atoms with Gasteiger partial charge in [0, 0.05) is 12.7 Å². The van der Waals surface area contributed by atoms with E-state index in [0.29, 0.717) is 12.2 Å².